The van der Waals surface area contributed by atoms with Crippen molar-refractivity contribution >= 4 is 0 Å². The van der Waals surface area contributed by atoms with E-state index in [1.807, 2.05) is 0 Å². The Morgan fingerprint density at radius 3 is 2.40 bits per heavy atom. The van der Waals surface area contributed by atoms with Crippen LogP contribution in [0.1, 0.15) is 46.5 Å². The summed E-state index contributed by atoms with van der Waals surface area (Å²) < 4.78 is 0. The highest BCUT2D eigenvalue weighted by atomic mass is 14.3. The minimum absolute atomic E-state index is 0.924. The van der Waals surface area contributed by atoms with Crippen molar-refractivity contribution < 1.29 is 0 Å². The van der Waals surface area contributed by atoms with Crippen molar-refractivity contribution in [2.75, 3.05) is 0 Å². The molecule has 0 aliphatic heterocycles. The Kier molecular flexibility index (Phi) is 2.76. The molecule has 0 radical (unpaired) electrons. The summed E-state index contributed by atoms with van der Waals surface area (Å²) in [6, 6.07) is 0. The quantitative estimate of drug-likeness (QED) is 0.551. The monoisotopic (exact) mass is 140 g/mol. The Balaban J connectivity index is 2.42. The second kappa shape index (κ2) is 3.41. The van der Waals surface area contributed by atoms with Gasteiger partial charge in [0.15, 0.2) is 0 Å². The highest BCUT2D eigenvalue weighted by Gasteiger charge is 2.27. The maximum Gasteiger partial charge on any atom is -0.0363 e. The summed E-state index contributed by atoms with van der Waals surface area (Å²) in [7, 11) is 0. The van der Waals surface area contributed by atoms with Crippen LogP contribution in [0.15, 0.2) is 0 Å². The third-order valence-electron chi connectivity index (χ3n) is 3.10. The molecule has 1 rings (SSSR count). The molecule has 0 aromatic heterocycles. The molecule has 0 heterocycles. The van der Waals surface area contributed by atoms with E-state index in [0.29, 0.717) is 0 Å². The zero-order valence-electron chi connectivity index (χ0n) is 7.56. The van der Waals surface area contributed by atoms with Crippen molar-refractivity contribution in [3.05, 3.63) is 0 Å². The Morgan fingerprint density at radius 2 is 2.00 bits per heavy atom. The number of hydrogen-bond donors (Lipinski definition) is 0. The van der Waals surface area contributed by atoms with Gasteiger partial charge in [-0.2, -0.15) is 0 Å². The van der Waals surface area contributed by atoms with Gasteiger partial charge < -0.3 is 0 Å². The van der Waals surface area contributed by atoms with Crippen LogP contribution < -0.4 is 0 Å². The minimum Gasteiger partial charge on any atom is -0.0651 e. The van der Waals surface area contributed by atoms with Crippen LogP contribution in [-0.4, -0.2) is 0 Å². The predicted molar refractivity (Wildman–Crippen MR) is 46.0 cm³/mol. The maximum atomic E-state index is 2.37. The summed E-state index contributed by atoms with van der Waals surface area (Å²) >= 11 is 0. The standard InChI is InChI=1S/C10H20/c1-4-9-6-5-7-10(9)8(2)3/h8-10H,4-7H2,1-3H3/t9-,10+/m1/s1. The van der Waals surface area contributed by atoms with E-state index in [-0.39, 0.29) is 0 Å². The zero-order chi connectivity index (χ0) is 7.56. The van der Waals surface area contributed by atoms with Gasteiger partial charge in [0.05, 0.1) is 0 Å². The van der Waals surface area contributed by atoms with E-state index in [1.54, 1.807) is 0 Å². The topological polar surface area (TPSA) is 0 Å². The van der Waals surface area contributed by atoms with E-state index < -0.39 is 0 Å². The van der Waals surface area contributed by atoms with Gasteiger partial charge in [0.25, 0.3) is 0 Å². The molecule has 1 aliphatic rings. The van der Waals surface area contributed by atoms with Crippen molar-refractivity contribution in [3.8, 4) is 0 Å². The van der Waals surface area contributed by atoms with Gasteiger partial charge in [-0.05, 0) is 24.2 Å². The van der Waals surface area contributed by atoms with Gasteiger partial charge in [-0.1, -0.05) is 40.0 Å². The lowest BCUT2D eigenvalue weighted by Gasteiger charge is -2.21. The van der Waals surface area contributed by atoms with Crippen molar-refractivity contribution in [1.29, 1.82) is 0 Å². The molecule has 1 fully saturated rings. The van der Waals surface area contributed by atoms with Gasteiger partial charge in [0.1, 0.15) is 0 Å². The molecule has 10 heavy (non-hydrogen) atoms. The van der Waals surface area contributed by atoms with E-state index in [9.17, 15) is 0 Å². The van der Waals surface area contributed by atoms with E-state index in [4.69, 9.17) is 0 Å². The highest BCUT2D eigenvalue weighted by Crippen LogP contribution is 2.38. The van der Waals surface area contributed by atoms with Crippen molar-refractivity contribution in [1.82, 2.24) is 0 Å². The Bertz CT molecular complexity index is 94.2. The van der Waals surface area contributed by atoms with Crippen LogP contribution >= 0.6 is 0 Å². The first-order chi connectivity index (χ1) is 4.75. The van der Waals surface area contributed by atoms with Gasteiger partial charge >= 0.3 is 0 Å². The number of rotatable bonds is 2. The summed E-state index contributed by atoms with van der Waals surface area (Å²) in [5, 5.41) is 0. The molecule has 0 saturated heterocycles. The summed E-state index contributed by atoms with van der Waals surface area (Å²) in [6.45, 7) is 7.09. The SMILES string of the molecule is CC[C@@H]1CCC[C@H]1C(C)C. The molecule has 0 aromatic rings. The van der Waals surface area contributed by atoms with E-state index >= 15 is 0 Å². The molecule has 60 valence electrons. The first kappa shape index (κ1) is 8.10. The van der Waals surface area contributed by atoms with Crippen molar-refractivity contribution in [2.24, 2.45) is 17.8 Å². The van der Waals surface area contributed by atoms with Crippen LogP contribution in [0.4, 0.5) is 0 Å². The van der Waals surface area contributed by atoms with Crippen molar-refractivity contribution in [2.45, 2.75) is 46.5 Å². The average molecular weight is 140 g/mol. The minimum atomic E-state index is 0.924. The van der Waals surface area contributed by atoms with Gasteiger partial charge in [-0.25, -0.2) is 0 Å². The Morgan fingerprint density at radius 1 is 1.30 bits per heavy atom. The summed E-state index contributed by atoms with van der Waals surface area (Å²) in [4.78, 5) is 0. The number of hydrogen-bond acceptors (Lipinski definition) is 0. The fraction of sp³-hybridized carbons (Fsp3) is 1.00. The Hall–Kier alpha value is 0. The van der Waals surface area contributed by atoms with Crippen LogP contribution in [-0.2, 0) is 0 Å². The van der Waals surface area contributed by atoms with Gasteiger partial charge in [0.2, 0.25) is 0 Å². The van der Waals surface area contributed by atoms with Gasteiger partial charge in [0, 0.05) is 0 Å². The summed E-state index contributed by atoms with van der Waals surface area (Å²) in [5.74, 6) is 3.03. The third-order valence-corrected chi connectivity index (χ3v) is 3.10. The largest absolute Gasteiger partial charge is 0.0651 e. The predicted octanol–water partition coefficient (Wildman–Crippen LogP) is 3.47. The molecular formula is C10H20. The zero-order valence-corrected chi connectivity index (χ0v) is 7.56. The van der Waals surface area contributed by atoms with Gasteiger partial charge in [-0.15, -0.1) is 0 Å². The molecule has 0 aromatic carbocycles. The average Bonchev–Trinajstić information content (AvgIpc) is 2.33. The summed E-state index contributed by atoms with van der Waals surface area (Å²) in [5.41, 5.74) is 0. The molecule has 0 amide bonds. The molecule has 0 nitrogen and oxygen atoms in total. The molecular weight excluding hydrogens is 120 g/mol. The fourth-order valence-electron chi connectivity index (χ4n) is 2.45. The molecule has 0 heteroatoms. The van der Waals surface area contributed by atoms with Crippen LogP contribution in [0.5, 0.6) is 0 Å². The molecule has 0 bridgehead atoms. The van der Waals surface area contributed by atoms with Crippen LogP contribution in [0.3, 0.4) is 0 Å². The lowest BCUT2D eigenvalue weighted by atomic mass is 9.85. The maximum absolute atomic E-state index is 2.37. The molecule has 1 saturated carbocycles. The Labute approximate surface area is 65.0 Å². The van der Waals surface area contributed by atoms with Crippen molar-refractivity contribution in [3.63, 3.8) is 0 Å². The van der Waals surface area contributed by atoms with E-state index in [2.05, 4.69) is 20.8 Å². The molecule has 1 aliphatic carbocycles. The van der Waals surface area contributed by atoms with Crippen LogP contribution in [0.2, 0.25) is 0 Å². The second-order valence-electron chi connectivity index (χ2n) is 4.01. The molecule has 0 spiro atoms. The normalized spacial score (nSPS) is 33.6. The lowest BCUT2D eigenvalue weighted by molar-refractivity contribution is 0.289. The summed E-state index contributed by atoms with van der Waals surface area (Å²) in [6.07, 6.45) is 5.89. The lowest BCUT2D eigenvalue weighted by Crippen LogP contribution is -2.12. The van der Waals surface area contributed by atoms with Crippen LogP contribution in [0, 0.1) is 17.8 Å². The van der Waals surface area contributed by atoms with E-state index in [1.165, 1.54) is 25.7 Å². The first-order valence-electron chi connectivity index (χ1n) is 4.75. The fourth-order valence-corrected chi connectivity index (χ4v) is 2.45. The smallest absolute Gasteiger partial charge is 0.0363 e. The van der Waals surface area contributed by atoms with Gasteiger partial charge in [-0.3, -0.25) is 0 Å². The van der Waals surface area contributed by atoms with E-state index in [0.717, 1.165) is 17.8 Å². The second-order valence-corrected chi connectivity index (χ2v) is 4.01. The molecule has 2 atom stereocenters. The third kappa shape index (κ3) is 1.53. The first-order valence-corrected chi connectivity index (χ1v) is 4.75. The molecule has 0 N–H and O–H groups in total. The van der Waals surface area contributed by atoms with Crippen LogP contribution in [0.25, 0.3) is 0 Å². The highest BCUT2D eigenvalue weighted by molar-refractivity contribution is 4.78. The molecule has 0 unspecified atom stereocenters.